The Labute approximate surface area is 133 Å². The highest BCUT2D eigenvalue weighted by atomic mass is 19.1. The predicted octanol–water partition coefficient (Wildman–Crippen LogP) is 4.06. The second-order valence-corrected chi connectivity index (χ2v) is 4.58. The van der Waals surface area contributed by atoms with Crippen LogP contribution in [0.1, 0.15) is 12.5 Å². The fourth-order valence-electron chi connectivity index (χ4n) is 1.84. The van der Waals surface area contributed by atoms with Gasteiger partial charge in [0.2, 0.25) is 0 Å². The minimum atomic E-state index is -0.681. The monoisotopic (exact) mass is 313 g/mol. The number of halogens is 1. The molecule has 0 aliphatic heterocycles. The highest BCUT2D eigenvalue weighted by molar-refractivity contribution is 6.15. The molecule has 2 aromatic carbocycles. The van der Waals surface area contributed by atoms with Crippen molar-refractivity contribution < 1.29 is 19.0 Å². The molecule has 118 valence electrons. The molecule has 0 radical (unpaired) electrons. The Balaban J connectivity index is 2.38. The van der Waals surface area contributed by atoms with Gasteiger partial charge >= 0.3 is 5.97 Å². The van der Waals surface area contributed by atoms with Gasteiger partial charge in [0.1, 0.15) is 17.1 Å². The van der Waals surface area contributed by atoms with Gasteiger partial charge in [-0.2, -0.15) is 0 Å². The average molecular weight is 313 g/mol. The van der Waals surface area contributed by atoms with E-state index in [4.69, 9.17) is 4.74 Å². The number of aliphatic imine (C=N–C) groups is 1. The van der Waals surface area contributed by atoms with Crippen molar-refractivity contribution in [2.75, 3.05) is 6.61 Å². The Hall–Kier alpha value is -2.95. The van der Waals surface area contributed by atoms with Gasteiger partial charge in [-0.25, -0.2) is 9.18 Å². The summed E-state index contributed by atoms with van der Waals surface area (Å²) < 4.78 is 17.8. The van der Waals surface area contributed by atoms with Crippen molar-refractivity contribution in [1.82, 2.24) is 0 Å². The van der Waals surface area contributed by atoms with Crippen LogP contribution < -0.4 is 0 Å². The molecule has 23 heavy (non-hydrogen) atoms. The highest BCUT2D eigenvalue weighted by Crippen LogP contribution is 2.18. The van der Waals surface area contributed by atoms with Gasteiger partial charge in [-0.3, -0.25) is 4.99 Å². The first kappa shape index (κ1) is 16.4. The van der Waals surface area contributed by atoms with Gasteiger partial charge in [-0.15, -0.1) is 0 Å². The van der Waals surface area contributed by atoms with Crippen LogP contribution in [0.25, 0.3) is 5.76 Å². The Kier molecular flexibility index (Phi) is 5.63. The highest BCUT2D eigenvalue weighted by Gasteiger charge is 2.16. The number of aliphatic hydroxyl groups excluding tert-OH is 1. The first-order valence-electron chi connectivity index (χ1n) is 7.07. The zero-order valence-electron chi connectivity index (χ0n) is 12.6. The third kappa shape index (κ3) is 4.51. The third-order valence-corrected chi connectivity index (χ3v) is 2.97. The zero-order valence-corrected chi connectivity index (χ0v) is 12.6. The molecule has 0 aliphatic rings. The summed E-state index contributed by atoms with van der Waals surface area (Å²) in [5.41, 5.74) is 0.859. The number of carbonyl (C=O) groups is 1. The smallest absolute Gasteiger partial charge is 0.343 e. The Morgan fingerprint density at radius 1 is 1.17 bits per heavy atom. The lowest BCUT2D eigenvalue weighted by Crippen LogP contribution is -2.11. The van der Waals surface area contributed by atoms with E-state index in [0.29, 0.717) is 11.3 Å². The van der Waals surface area contributed by atoms with E-state index in [0.717, 1.165) is 0 Å². The molecule has 0 heterocycles. The molecule has 0 fully saturated rings. The van der Waals surface area contributed by atoms with Crippen molar-refractivity contribution in [1.29, 1.82) is 0 Å². The quantitative estimate of drug-likeness (QED) is 0.392. The lowest BCUT2D eigenvalue weighted by Gasteiger charge is -2.06. The fourth-order valence-corrected chi connectivity index (χ4v) is 1.84. The molecular weight excluding hydrogens is 297 g/mol. The molecule has 2 aromatic rings. The van der Waals surface area contributed by atoms with E-state index in [1.54, 1.807) is 37.3 Å². The minimum absolute atomic E-state index is 0.0672. The number of nitrogens with zero attached hydrogens (tertiary/aromatic N) is 1. The number of aliphatic hydroxyl groups is 1. The number of esters is 1. The lowest BCUT2D eigenvalue weighted by molar-refractivity contribution is -0.137. The largest absolute Gasteiger partial charge is 0.506 e. The SMILES string of the molecule is CCOC(=O)/C(C=Nc1ccc(F)cc1)=C(/O)c1ccccc1. The number of rotatable bonds is 5. The summed E-state index contributed by atoms with van der Waals surface area (Å²) in [7, 11) is 0. The third-order valence-electron chi connectivity index (χ3n) is 2.97. The fraction of sp³-hybridized carbons (Fsp3) is 0.111. The maximum absolute atomic E-state index is 12.9. The number of hydrogen-bond acceptors (Lipinski definition) is 4. The van der Waals surface area contributed by atoms with E-state index in [-0.39, 0.29) is 23.8 Å². The van der Waals surface area contributed by atoms with Crippen molar-refractivity contribution >= 4 is 23.6 Å². The topological polar surface area (TPSA) is 58.9 Å². The van der Waals surface area contributed by atoms with Crippen LogP contribution >= 0.6 is 0 Å². The van der Waals surface area contributed by atoms with E-state index < -0.39 is 5.97 Å². The Morgan fingerprint density at radius 2 is 1.83 bits per heavy atom. The number of benzene rings is 2. The second kappa shape index (κ2) is 7.89. The van der Waals surface area contributed by atoms with Crippen LogP contribution in [0.3, 0.4) is 0 Å². The van der Waals surface area contributed by atoms with E-state index in [9.17, 15) is 14.3 Å². The van der Waals surface area contributed by atoms with Gasteiger partial charge in [-0.1, -0.05) is 30.3 Å². The normalized spacial score (nSPS) is 12.1. The van der Waals surface area contributed by atoms with E-state index in [1.807, 2.05) is 0 Å². The standard InChI is InChI=1S/C18H16FNO3/c1-2-23-18(22)16(17(21)13-6-4-3-5-7-13)12-20-15-10-8-14(19)9-11-15/h3-12,21H,2H2,1H3/b17-16+,20-12?. The number of ether oxygens (including phenoxy) is 1. The summed E-state index contributed by atoms with van der Waals surface area (Å²) in [6.07, 6.45) is 1.22. The zero-order chi connectivity index (χ0) is 16.7. The molecule has 0 spiro atoms. The van der Waals surface area contributed by atoms with E-state index >= 15 is 0 Å². The maximum atomic E-state index is 12.9. The molecule has 0 aliphatic carbocycles. The number of hydrogen-bond donors (Lipinski definition) is 1. The molecule has 0 aromatic heterocycles. The first-order valence-corrected chi connectivity index (χ1v) is 7.07. The van der Waals surface area contributed by atoms with Crippen LogP contribution in [0.2, 0.25) is 0 Å². The molecule has 2 rings (SSSR count). The minimum Gasteiger partial charge on any atom is -0.506 e. The van der Waals surface area contributed by atoms with Gasteiger partial charge in [0.05, 0.1) is 12.3 Å². The first-order chi connectivity index (χ1) is 11.1. The Bertz CT molecular complexity index is 722. The molecule has 0 atom stereocenters. The summed E-state index contributed by atoms with van der Waals surface area (Å²) in [4.78, 5) is 16.1. The Morgan fingerprint density at radius 3 is 2.43 bits per heavy atom. The summed E-state index contributed by atoms with van der Waals surface area (Å²) in [6.45, 7) is 1.85. The molecule has 5 heteroatoms. The summed E-state index contributed by atoms with van der Waals surface area (Å²) in [5, 5.41) is 10.3. The second-order valence-electron chi connectivity index (χ2n) is 4.58. The van der Waals surface area contributed by atoms with Gasteiger partial charge in [0, 0.05) is 11.8 Å². The van der Waals surface area contributed by atoms with Crippen molar-refractivity contribution in [2.45, 2.75) is 6.92 Å². The molecule has 0 amide bonds. The van der Waals surface area contributed by atoms with Crippen LogP contribution in [0.5, 0.6) is 0 Å². The van der Waals surface area contributed by atoms with Crippen molar-refractivity contribution in [3.63, 3.8) is 0 Å². The van der Waals surface area contributed by atoms with Crippen LogP contribution in [0, 0.1) is 5.82 Å². The van der Waals surface area contributed by atoms with Crippen LogP contribution in [-0.2, 0) is 9.53 Å². The molecule has 0 saturated heterocycles. The summed E-state index contributed by atoms with van der Waals surface area (Å²) in [5.74, 6) is -1.29. The van der Waals surface area contributed by atoms with Crippen molar-refractivity contribution in [2.24, 2.45) is 4.99 Å². The van der Waals surface area contributed by atoms with E-state index in [1.165, 1.54) is 30.5 Å². The van der Waals surface area contributed by atoms with Crippen molar-refractivity contribution in [3.05, 3.63) is 71.6 Å². The molecule has 4 nitrogen and oxygen atoms in total. The van der Waals surface area contributed by atoms with Gasteiger partial charge < -0.3 is 9.84 Å². The summed E-state index contributed by atoms with van der Waals surface area (Å²) >= 11 is 0. The van der Waals surface area contributed by atoms with Crippen LogP contribution in [0.15, 0.2) is 65.2 Å². The van der Waals surface area contributed by atoms with Crippen LogP contribution in [-0.4, -0.2) is 23.9 Å². The molecule has 0 saturated carbocycles. The van der Waals surface area contributed by atoms with Gasteiger partial charge in [0.15, 0.2) is 0 Å². The van der Waals surface area contributed by atoms with Crippen LogP contribution in [0.4, 0.5) is 10.1 Å². The average Bonchev–Trinajstić information content (AvgIpc) is 2.57. The molecular formula is C18H16FNO3. The molecule has 0 bridgehead atoms. The maximum Gasteiger partial charge on any atom is 0.343 e. The summed E-state index contributed by atoms with van der Waals surface area (Å²) in [6, 6.07) is 14.1. The number of carbonyl (C=O) groups excluding carboxylic acids is 1. The van der Waals surface area contributed by atoms with Crippen molar-refractivity contribution in [3.8, 4) is 0 Å². The van der Waals surface area contributed by atoms with Gasteiger partial charge in [0.25, 0.3) is 0 Å². The predicted molar refractivity (Wildman–Crippen MR) is 87.2 cm³/mol. The molecule has 1 N–H and O–H groups in total. The van der Waals surface area contributed by atoms with E-state index in [2.05, 4.69) is 4.99 Å². The molecule has 0 unspecified atom stereocenters. The van der Waals surface area contributed by atoms with Gasteiger partial charge in [-0.05, 0) is 31.2 Å². The lowest BCUT2D eigenvalue weighted by atomic mass is 10.1.